The van der Waals surface area contributed by atoms with E-state index in [1.54, 1.807) is 32.2 Å². The minimum atomic E-state index is -0.644. The first-order chi connectivity index (χ1) is 19.9. The average molecular weight is 562 g/mol. The van der Waals surface area contributed by atoms with Crippen molar-refractivity contribution in [3.8, 4) is 39.9 Å². The van der Waals surface area contributed by atoms with E-state index < -0.39 is 18.1 Å². The summed E-state index contributed by atoms with van der Waals surface area (Å²) in [6.07, 6.45) is 0.0405. The molecule has 0 N–H and O–H groups in total. The standard InChI is InChI=1S/C31H31NO9/c1-6-38-30(33)17-9-7-16(8-10-17)21-18-13-14-32(2)24(22(18)27(37-5)29-28(21)39-15-40-29)25-19-11-12-20(35-3)26(36-4)23(19)31(34)41-25/h7-12,24-25H,6,13-15H2,1-5H3/t24-,25?/m1/s1. The van der Waals surface area contributed by atoms with Gasteiger partial charge in [-0.15, -0.1) is 0 Å². The van der Waals surface area contributed by atoms with Gasteiger partial charge in [0.1, 0.15) is 11.7 Å². The van der Waals surface area contributed by atoms with E-state index in [-0.39, 0.29) is 12.8 Å². The predicted molar refractivity (Wildman–Crippen MR) is 147 cm³/mol. The second kappa shape index (κ2) is 10.5. The normalized spacial score (nSPS) is 18.8. The highest BCUT2D eigenvalue weighted by Crippen LogP contribution is 2.58. The molecule has 0 aliphatic carbocycles. The molecule has 6 rings (SSSR count). The number of fused-ring (bicyclic) bond motifs is 3. The second-order valence-electron chi connectivity index (χ2n) is 9.93. The molecular weight excluding hydrogens is 530 g/mol. The summed E-state index contributed by atoms with van der Waals surface area (Å²) in [6.45, 7) is 2.80. The minimum absolute atomic E-state index is 0.0429. The SMILES string of the molecule is CCOC(=O)c1ccc(-c2c3c(c(OC)c4c2OCO4)[C@H](C2OC(=O)c4c2ccc(OC)c4OC)N(C)CC3)cc1. The van der Waals surface area contributed by atoms with Crippen LogP contribution in [0.15, 0.2) is 36.4 Å². The largest absolute Gasteiger partial charge is 0.493 e. The molecule has 10 heteroatoms. The number of methoxy groups -OCH3 is 3. The number of carbonyl (C=O) groups excluding carboxylic acids is 2. The van der Waals surface area contributed by atoms with Gasteiger partial charge in [-0.05, 0) is 49.7 Å². The van der Waals surface area contributed by atoms with Gasteiger partial charge < -0.3 is 33.2 Å². The lowest BCUT2D eigenvalue weighted by Gasteiger charge is -2.39. The number of esters is 2. The fraction of sp³-hybridized carbons (Fsp3) is 0.355. The Balaban J connectivity index is 1.54. The van der Waals surface area contributed by atoms with Gasteiger partial charge in [-0.2, -0.15) is 0 Å². The van der Waals surface area contributed by atoms with Crippen LogP contribution >= 0.6 is 0 Å². The lowest BCUT2D eigenvalue weighted by molar-refractivity contribution is 0.00876. The van der Waals surface area contributed by atoms with Crippen molar-refractivity contribution in [2.45, 2.75) is 25.5 Å². The van der Waals surface area contributed by atoms with Crippen molar-refractivity contribution >= 4 is 11.9 Å². The number of rotatable bonds is 7. The van der Waals surface area contributed by atoms with E-state index in [1.807, 2.05) is 25.2 Å². The van der Waals surface area contributed by atoms with Crippen molar-refractivity contribution in [3.05, 3.63) is 64.2 Å². The van der Waals surface area contributed by atoms with Crippen LogP contribution < -0.4 is 23.7 Å². The summed E-state index contributed by atoms with van der Waals surface area (Å²) in [6, 6.07) is 10.5. The van der Waals surface area contributed by atoms with E-state index in [2.05, 4.69) is 4.90 Å². The summed E-state index contributed by atoms with van der Waals surface area (Å²) in [4.78, 5) is 27.7. The van der Waals surface area contributed by atoms with Gasteiger partial charge >= 0.3 is 11.9 Å². The zero-order valence-corrected chi connectivity index (χ0v) is 23.6. The minimum Gasteiger partial charge on any atom is -0.493 e. The van der Waals surface area contributed by atoms with Crippen molar-refractivity contribution < 1.29 is 42.7 Å². The van der Waals surface area contributed by atoms with E-state index >= 15 is 0 Å². The first-order valence-corrected chi connectivity index (χ1v) is 13.4. The smallest absolute Gasteiger partial charge is 0.343 e. The Morgan fingerprint density at radius 2 is 1.68 bits per heavy atom. The van der Waals surface area contributed by atoms with Crippen LogP contribution in [-0.4, -0.2) is 65.2 Å². The first kappa shape index (κ1) is 26.8. The van der Waals surface area contributed by atoms with Crippen molar-refractivity contribution in [1.82, 2.24) is 4.90 Å². The van der Waals surface area contributed by atoms with E-state index in [1.165, 1.54) is 14.2 Å². The van der Waals surface area contributed by atoms with Crippen LogP contribution in [0.3, 0.4) is 0 Å². The van der Waals surface area contributed by atoms with E-state index in [4.69, 9.17) is 33.2 Å². The molecule has 10 nitrogen and oxygen atoms in total. The molecule has 2 atom stereocenters. The van der Waals surface area contributed by atoms with Crippen molar-refractivity contribution in [3.63, 3.8) is 0 Å². The zero-order valence-electron chi connectivity index (χ0n) is 23.6. The molecule has 0 fully saturated rings. The number of hydrogen-bond donors (Lipinski definition) is 0. The summed E-state index contributed by atoms with van der Waals surface area (Å²) in [5.41, 5.74) is 5.10. The van der Waals surface area contributed by atoms with Gasteiger partial charge in [-0.1, -0.05) is 18.2 Å². The maximum Gasteiger partial charge on any atom is 0.343 e. The molecule has 0 radical (unpaired) electrons. The van der Waals surface area contributed by atoms with E-state index in [0.29, 0.717) is 65.0 Å². The maximum atomic E-state index is 13.3. The Bertz CT molecular complexity index is 1530. The van der Waals surface area contributed by atoms with Gasteiger partial charge in [0.25, 0.3) is 0 Å². The molecular formula is C31H31NO9. The van der Waals surface area contributed by atoms with Crippen LogP contribution in [0.25, 0.3) is 11.1 Å². The first-order valence-electron chi connectivity index (χ1n) is 13.4. The number of hydrogen-bond acceptors (Lipinski definition) is 10. The number of carbonyl (C=O) groups is 2. The topological polar surface area (TPSA) is 102 Å². The molecule has 0 bridgehead atoms. The van der Waals surface area contributed by atoms with Crippen LogP contribution in [0.2, 0.25) is 0 Å². The molecule has 3 heterocycles. The average Bonchev–Trinajstić information content (AvgIpc) is 3.60. The predicted octanol–water partition coefficient (Wildman–Crippen LogP) is 4.73. The Morgan fingerprint density at radius 1 is 0.951 bits per heavy atom. The molecule has 0 aromatic heterocycles. The van der Waals surface area contributed by atoms with Gasteiger partial charge in [0, 0.05) is 23.2 Å². The third-order valence-corrected chi connectivity index (χ3v) is 7.90. The summed E-state index contributed by atoms with van der Waals surface area (Å²) >= 11 is 0. The number of benzene rings is 3. The number of likely N-dealkylation sites (N-methyl/N-ethyl adjacent to an activating group) is 1. The maximum absolute atomic E-state index is 13.3. The highest BCUT2D eigenvalue weighted by Gasteiger charge is 2.47. The summed E-state index contributed by atoms with van der Waals surface area (Å²) in [5, 5.41) is 0. The third-order valence-electron chi connectivity index (χ3n) is 7.90. The third kappa shape index (κ3) is 4.12. The Hall–Kier alpha value is -4.44. The molecule has 3 aromatic rings. The lowest BCUT2D eigenvalue weighted by atomic mass is 9.81. The van der Waals surface area contributed by atoms with Crippen molar-refractivity contribution in [1.29, 1.82) is 0 Å². The highest BCUT2D eigenvalue weighted by molar-refractivity contribution is 5.98. The fourth-order valence-corrected chi connectivity index (χ4v) is 6.12. The van der Waals surface area contributed by atoms with Crippen LogP contribution in [0.4, 0.5) is 0 Å². The summed E-state index contributed by atoms with van der Waals surface area (Å²) in [5.74, 6) is 1.57. The zero-order chi connectivity index (χ0) is 28.8. The summed E-state index contributed by atoms with van der Waals surface area (Å²) < 4.78 is 40.2. The Morgan fingerprint density at radius 3 is 2.37 bits per heavy atom. The molecule has 0 saturated carbocycles. The lowest BCUT2D eigenvalue weighted by Crippen LogP contribution is -2.36. The van der Waals surface area contributed by atoms with Gasteiger partial charge in [0.2, 0.25) is 12.5 Å². The van der Waals surface area contributed by atoms with Crippen LogP contribution in [-0.2, 0) is 15.9 Å². The summed E-state index contributed by atoms with van der Waals surface area (Å²) in [7, 11) is 6.63. The monoisotopic (exact) mass is 561 g/mol. The molecule has 214 valence electrons. The highest BCUT2D eigenvalue weighted by atomic mass is 16.7. The van der Waals surface area contributed by atoms with Gasteiger partial charge in [-0.25, -0.2) is 9.59 Å². The molecule has 0 spiro atoms. The number of cyclic esters (lactones) is 1. The van der Waals surface area contributed by atoms with Crippen LogP contribution in [0.1, 0.15) is 56.5 Å². The van der Waals surface area contributed by atoms with Crippen LogP contribution in [0, 0.1) is 0 Å². The van der Waals surface area contributed by atoms with E-state index in [0.717, 1.165) is 22.3 Å². The fourth-order valence-electron chi connectivity index (χ4n) is 6.12. The second-order valence-corrected chi connectivity index (χ2v) is 9.93. The van der Waals surface area contributed by atoms with Crippen molar-refractivity contribution in [2.75, 3.05) is 48.3 Å². The molecule has 0 amide bonds. The van der Waals surface area contributed by atoms with Crippen LogP contribution in [0.5, 0.6) is 28.7 Å². The Labute approximate surface area is 237 Å². The van der Waals surface area contributed by atoms with Crippen molar-refractivity contribution in [2.24, 2.45) is 0 Å². The molecule has 41 heavy (non-hydrogen) atoms. The molecule has 0 saturated heterocycles. The van der Waals surface area contributed by atoms with Gasteiger partial charge in [0.05, 0.1) is 39.5 Å². The van der Waals surface area contributed by atoms with Gasteiger partial charge in [-0.3, -0.25) is 4.90 Å². The molecule has 3 aliphatic heterocycles. The quantitative estimate of drug-likeness (QED) is 0.377. The molecule has 3 aromatic carbocycles. The molecule has 3 aliphatic rings. The number of ether oxygens (including phenoxy) is 7. The number of nitrogens with zero attached hydrogens (tertiary/aromatic N) is 1. The molecule has 1 unspecified atom stereocenters. The van der Waals surface area contributed by atoms with Gasteiger partial charge in [0.15, 0.2) is 23.0 Å². The Kier molecular flexibility index (Phi) is 6.86. The van der Waals surface area contributed by atoms with E-state index in [9.17, 15) is 9.59 Å².